The Kier molecular flexibility index (Phi) is 5.92. The molecule has 0 aliphatic rings. The zero-order valence-electron chi connectivity index (χ0n) is 36.6. The highest BCUT2D eigenvalue weighted by Crippen LogP contribution is 2.39. The van der Waals surface area contributed by atoms with E-state index in [0.717, 1.165) is 49.8 Å². The number of nitrogens with zero attached hydrogens (tertiary/aromatic N) is 4. The Bertz CT molecular complexity index is 3660. The molecule has 0 unspecified atom stereocenters. The van der Waals surface area contributed by atoms with Gasteiger partial charge < -0.3 is 8.98 Å². The molecule has 0 aliphatic carbocycles. The Morgan fingerprint density at radius 3 is 1.91 bits per heavy atom. The summed E-state index contributed by atoms with van der Waals surface area (Å²) in [5, 5.41) is 2.20. The number of fused-ring (bicyclic) bond motifs is 6. The standard InChI is InChI=1S/C51H32N4O/c1-2-14-33(15-3-1)34-28-30-35(31-29-34)49-52-50(37-17-12-16-36(32-37)38-22-13-23-42-41-20-7-11-27-47(41)56-48(38)42)54-51(53-49)43-21-6-10-26-46(43)55-44-24-8-4-18-39(44)40-19-5-9-25-45(40)55/h1-32H/i4D,5D,8D,18D,19D,24D,25D. The summed E-state index contributed by atoms with van der Waals surface area (Å²) in [6.45, 7) is 0. The second-order valence-electron chi connectivity index (χ2n) is 13.5. The molecule has 0 saturated heterocycles. The number of aromatic nitrogens is 4. The zero-order chi connectivity index (χ0) is 43.1. The normalized spacial score (nSPS) is 13.3. The summed E-state index contributed by atoms with van der Waals surface area (Å²) < 4.78 is 69.8. The zero-order valence-corrected chi connectivity index (χ0v) is 29.6. The molecule has 5 nitrogen and oxygen atoms in total. The third-order valence-electron chi connectivity index (χ3n) is 10.2. The average Bonchev–Trinajstić information content (AvgIpc) is 3.90. The number of hydrogen-bond donors (Lipinski definition) is 0. The largest absolute Gasteiger partial charge is 0.455 e. The summed E-state index contributed by atoms with van der Waals surface area (Å²) in [6, 6.07) is 46.4. The lowest BCUT2D eigenvalue weighted by Crippen LogP contribution is -2.03. The van der Waals surface area contributed by atoms with E-state index in [1.165, 1.54) is 6.07 Å². The number of para-hydroxylation sites is 5. The topological polar surface area (TPSA) is 56.7 Å². The summed E-state index contributed by atoms with van der Waals surface area (Å²) in [7, 11) is 0. The van der Waals surface area contributed by atoms with Crippen LogP contribution in [0.1, 0.15) is 9.60 Å². The molecule has 56 heavy (non-hydrogen) atoms. The van der Waals surface area contributed by atoms with E-state index in [1.54, 1.807) is 16.7 Å². The van der Waals surface area contributed by atoms with Crippen molar-refractivity contribution in [2.75, 3.05) is 0 Å². The lowest BCUT2D eigenvalue weighted by atomic mass is 10.00. The minimum Gasteiger partial charge on any atom is -0.455 e. The monoisotopic (exact) mass is 723 g/mol. The highest BCUT2D eigenvalue weighted by molar-refractivity contribution is 6.10. The molecule has 0 N–H and O–H groups in total. The maximum Gasteiger partial charge on any atom is 0.166 e. The van der Waals surface area contributed by atoms with Crippen molar-refractivity contribution < 1.29 is 14.0 Å². The summed E-state index contributed by atoms with van der Waals surface area (Å²) >= 11 is 0. The first-order chi connectivity index (χ1) is 30.7. The Labute approximate surface area is 332 Å². The summed E-state index contributed by atoms with van der Waals surface area (Å²) in [6.07, 6.45) is 0. The molecular formula is C51H32N4O. The van der Waals surface area contributed by atoms with Gasteiger partial charge in [-0.1, -0.05) is 158 Å². The van der Waals surface area contributed by atoms with Gasteiger partial charge in [-0.3, -0.25) is 0 Å². The van der Waals surface area contributed by atoms with Crippen LogP contribution >= 0.6 is 0 Å². The molecule has 0 radical (unpaired) electrons. The molecular weight excluding hydrogens is 685 g/mol. The Morgan fingerprint density at radius 1 is 0.411 bits per heavy atom. The maximum atomic E-state index is 9.13. The Balaban J connectivity index is 1.15. The first-order valence-corrected chi connectivity index (χ1v) is 18.2. The van der Waals surface area contributed by atoms with E-state index in [9.17, 15) is 0 Å². The lowest BCUT2D eigenvalue weighted by molar-refractivity contribution is 0.670. The Hall–Kier alpha value is -7.63. The van der Waals surface area contributed by atoms with Gasteiger partial charge in [0.25, 0.3) is 0 Å². The van der Waals surface area contributed by atoms with Gasteiger partial charge in [0.2, 0.25) is 0 Å². The van der Waals surface area contributed by atoms with Crippen molar-refractivity contribution in [3.63, 3.8) is 0 Å². The molecule has 11 rings (SSSR count). The molecule has 3 aromatic heterocycles. The van der Waals surface area contributed by atoms with Crippen LogP contribution in [0.15, 0.2) is 198 Å². The number of furan rings is 1. The molecule has 0 aliphatic heterocycles. The fourth-order valence-electron chi connectivity index (χ4n) is 7.56. The number of rotatable bonds is 6. The van der Waals surface area contributed by atoms with E-state index < -0.39 is 12.1 Å². The van der Waals surface area contributed by atoms with Gasteiger partial charge in [0, 0.05) is 43.8 Å². The molecule has 0 spiro atoms. The van der Waals surface area contributed by atoms with Crippen molar-refractivity contribution >= 4 is 43.7 Å². The van der Waals surface area contributed by atoms with E-state index in [-0.39, 0.29) is 57.8 Å². The summed E-state index contributed by atoms with van der Waals surface area (Å²) in [4.78, 5) is 15.3. The SMILES string of the molecule is [2H]c1cc([2H])c2c(c1[2H])c1c([2H])c([2H])c([2H])c([2H])c1n2-c1ccccc1-c1nc(-c2ccc(-c3ccccc3)cc2)nc(-c2cccc(-c3cccc4c3oc3ccccc34)c2)n1. The van der Waals surface area contributed by atoms with Crippen molar-refractivity contribution in [2.24, 2.45) is 0 Å². The molecule has 0 amide bonds. The van der Waals surface area contributed by atoms with Crippen LogP contribution in [0, 0.1) is 0 Å². The predicted molar refractivity (Wildman–Crippen MR) is 229 cm³/mol. The molecule has 5 heteroatoms. The van der Waals surface area contributed by atoms with Crippen molar-refractivity contribution in [3.05, 3.63) is 194 Å². The fraction of sp³-hybridized carbons (Fsp3) is 0. The van der Waals surface area contributed by atoms with Crippen molar-refractivity contribution in [1.29, 1.82) is 0 Å². The number of hydrogen-bond acceptors (Lipinski definition) is 4. The maximum absolute atomic E-state index is 9.13. The van der Waals surface area contributed by atoms with E-state index in [1.807, 2.05) is 109 Å². The number of benzene rings is 8. The van der Waals surface area contributed by atoms with E-state index in [0.29, 0.717) is 28.5 Å². The van der Waals surface area contributed by atoms with Crippen molar-refractivity contribution in [2.45, 2.75) is 0 Å². The second-order valence-corrected chi connectivity index (χ2v) is 13.5. The minimum absolute atomic E-state index is 0.0604. The van der Waals surface area contributed by atoms with Crippen molar-refractivity contribution in [3.8, 4) is 62.1 Å². The first-order valence-electron chi connectivity index (χ1n) is 21.7. The van der Waals surface area contributed by atoms with Gasteiger partial charge in [-0.25, -0.2) is 15.0 Å². The van der Waals surface area contributed by atoms with Crippen molar-refractivity contribution in [1.82, 2.24) is 19.5 Å². The first kappa shape index (κ1) is 25.4. The third-order valence-corrected chi connectivity index (χ3v) is 10.2. The molecule has 262 valence electrons. The van der Waals surface area contributed by atoms with Gasteiger partial charge in [-0.15, -0.1) is 0 Å². The van der Waals surface area contributed by atoms with Gasteiger partial charge in [-0.2, -0.15) is 0 Å². The van der Waals surface area contributed by atoms with Crippen LogP contribution in [-0.2, 0) is 0 Å². The molecule has 8 aromatic carbocycles. The van der Waals surface area contributed by atoms with E-state index in [2.05, 4.69) is 24.3 Å². The average molecular weight is 724 g/mol. The van der Waals surface area contributed by atoms with Crippen LogP contribution in [0.3, 0.4) is 0 Å². The summed E-state index contributed by atoms with van der Waals surface area (Å²) in [5.41, 5.74) is 8.08. The van der Waals surface area contributed by atoms with Crippen LogP contribution in [0.2, 0.25) is 0 Å². The smallest absolute Gasteiger partial charge is 0.166 e. The molecule has 3 heterocycles. The van der Waals surface area contributed by atoms with Crippen LogP contribution in [0.5, 0.6) is 0 Å². The predicted octanol–water partition coefficient (Wildman–Crippen LogP) is 13.2. The second kappa shape index (κ2) is 13.0. The Morgan fingerprint density at radius 2 is 1.02 bits per heavy atom. The van der Waals surface area contributed by atoms with Gasteiger partial charge >= 0.3 is 0 Å². The molecule has 0 saturated carbocycles. The van der Waals surface area contributed by atoms with E-state index in [4.69, 9.17) is 29.0 Å². The highest BCUT2D eigenvalue weighted by Gasteiger charge is 2.20. The van der Waals surface area contributed by atoms with Gasteiger partial charge in [0.15, 0.2) is 17.5 Å². The third kappa shape index (κ3) is 5.29. The van der Waals surface area contributed by atoms with Crippen LogP contribution in [0.4, 0.5) is 0 Å². The quantitative estimate of drug-likeness (QED) is 0.171. The van der Waals surface area contributed by atoms with E-state index >= 15 is 0 Å². The lowest BCUT2D eigenvalue weighted by Gasteiger charge is -2.15. The van der Waals surface area contributed by atoms with Crippen LogP contribution in [-0.4, -0.2) is 19.5 Å². The van der Waals surface area contributed by atoms with Gasteiger partial charge in [-0.05, 0) is 53.0 Å². The molecule has 0 bridgehead atoms. The highest BCUT2D eigenvalue weighted by atomic mass is 16.3. The molecule has 0 fully saturated rings. The van der Waals surface area contributed by atoms with Gasteiger partial charge in [0.05, 0.1) is 26.3 Å². The summed E-state index contributed by atoms with van der Waals surface area (Å²) in [5.74, 6) is 1.05. The van der Waals surface area contributed by atoms with Crippen LogP contribution in [0.25, 0.3) is 106 Å². The molecule has 0 atom stereocenters. The minimum atomic E-state index is -0.468. The van der Waals surface area contributed by atoms with Crippen LogP contribution < -0.4 is 0 Å². The molecule has 11 aromatic rings. The fourth-order valence-corrected chi connectivity index (χ4v) is 7.56. The van der Waals surface area contributed by atoms with Gasteiger partial charge in [0.1, 0.15) is 11.2 Å².